The van der Waals surface area contributed by atoms with E-state index in [4.69, 9.17) is 13.9 Å². The average molecular weight is 490 g/mol. The molecule has 1 aliphatic rings. The summed E-state index contributed by atoms with van der Waals surface area (Å²) in [4.78, 5) is 37.6. The van der Waals surface area contributed by atoms with Crippen LogP contribution in [0, 0.1) is 0 Å². The van der Waals surface area contributed by atoms with Gasteiger partial charge in [0.1, 0.15) is 18.4 Å². The second kappa shape index (κ2) is 9.78. The van der Waals surface area contributed by atoms with E-state index in [1.54, 1.807) is 61.5 Å². The standard InChI is InChI=1S/C24H22N6O6/c1-15-22(36-20-7-3-2-6-19(20)35-15)23(32)26-16-8-10-17(11-9-16)30-24(33)29(27-28-30)14-21(31)25-13-18-5-4-12-34-18/h2-12,15,22H,13-14H2,1H3,(H,25,31)(H,26,32)/t15-,22-/m1/s1. The number of hydrogen-bond donors (Lipinski definition) is 2. The number of carbonyl (C=O) groups excluding carboxylic acids is 2. The lowest BCUT2D eigenvalue weighted by Gasteiger charge is -2.31. The Balaban J connectivity index is 1.21. The molecule has 1 aliphatic heterocycles. The lowest BCUT2D eigenvalue weighted by molar-refractivity contribution is -0.128. The van der Waals surface area contributed by atoms with Crippen LogP contribution in [0.1, 0.15) is 12.7 Å². The van der Waals surface area contributed by atoms with Crippen molar-refractivity contribution in [2.24, 2.45) is 0 Å². The first-order chi connectivity index (χ1) is 17.5. The number of rotatable bonds is 7. The highest BCUT2D eigenvalue weighted by Gasteiger charge is 2.34. The summed E-state index contributed by atoms with van der Waals surface area (Å²) in [6, 6.07) is 17.0. The van der Waals surface area contributed by atoms with Gasteiger partial charge >= 0.3 is 5.69 Å². The molecule has 2 atom stereocenters. The quantitative estimate of drug-likeness (QED) is 0.397. The van der Waals surface area contributed by atoms with Crippen LogP contribution >= 0.6 is 0 Å². The van der Waals surface area contributed by atoms with Crippen LogP contribution < -0.4 is 25.8 Å². The van der Waals surface area contributed by atoms with Crippen LogP contribution in [-0.2, 0) is 22.7 Å². The first-order valence-electron chi connectivity index (χ1n) is 11.1. The van der Waals surface area contributed by atoms with Crippen LogP contribution in [0.3, 0.4) is 0 Å². The van der Waals surface area contributed by atoms with Gasteiger partial charge in [-0.1, -0.05) is 12.1 Å². The van der Waals surface area contributed by atoms with Crippen molar-refractivity contribution >= 4 is 17.5 Å². The Labute approximate surface area is 204 Å². The number of para-hydroxylation sites is 2. The number of nitrogens with zero attached hydrogens (tertiary/aromatic N) is 4. The predicted octanol–water partition coefficient (Wildman–Crippen LogP) is 1.51. The zero-order valence-corrected chi connectivity index (χ0v) is 19.2. The normalized spacial score (nSPS) is 16.4. The monoisotopic (exact) mass is 490 g/mol. The van der Waals surface area contributed by atoms with Gasteiger partial charge in [-0.3, -0.25) is 9.59 Å². The minimum absolute atomic E-state index is 0.200. The van der Waals surface area contributed by atoms with Gasteiger partial charge < -0.3 is 24.5 Å². The van der Waals surface area contributed by atoms with Gasteiger partial charge in [-0.15, -0.1) is 0 Å². The first kappa shape index (κ1) is 22.9. The molecule has 0 bridgehead atoms. The summed E-state index contributed by atoms with van der Waals surface area (Å²) in [5.74, 6) is 0.904. The molecule has 0 saturated heterocycles. The van der Waals surface area contributed by atoms with Crippen LogP contribution in [0.2, 0.25) is 0 Å². The van der Waals surface area contributed by atoms with E-state index in [2.05, 4.69) is 21.1 Å². The molecule has 0 saturated carbocycles. The summed E-state index contributed by atoms with van der Waals surface area (Å²) in [6.07, 6.45) is 0.191. The van der Waals surface area contributed by atoms with Crippen LogP contribution in [0.4, 0.5) is 5.69 Å². The van der Waals surface area contributed by atoms with Gasteiger partial charge in [-0.25, -0.2) is 4.79 Å². The number of tetrazole rings is 1. The van der Waals surface area contributed by atoms with Crippen LogP contribution in [0.5, 0.6) is 11.5 Å². The second-order valence-electron chi connectivity index (χ2n) is 8.03. The molecule has 0 fully saturated rings. The van der Waals surface area contributed by atoms with Crippen molar-refractivity contribution in [2.75, 3.05) is 5.32 Å². The molecule has 2 N–H and O–H groups in total. The van der Waals surface area contributed by atoms with Crippen molar-refractivity contribution in [3.05, 3.63) is 83.2 Å². The summed E-state index contributed by atoms with van der Waals surface area (Å²) in [6.45, 7) is 1.67. The van der Waals surface area contributed by atoms with Gasteiger partial charge in [0.25, 0.3) is 5.91 Å². The highest BCUT2D eigenvalue weighted by molar-refractivity contribution is 5.95. The third-order valence-corrected chi connectivity index (χ3v) is 5.45. The van der Waals surface area contributed by atoms with Crippen molar-refractivity contribution in [3.8, 4) is 17.2 Å². The van der Waals surface area contributed by atoms with Crippen LogP contribution in [0.25, 0.3) is 5.69 Å². The third-order valence-electron chi connectivity index (χ3n) is 5.45. The van der Waals surface area contributed by atoms with Crippen molar-refractivity contribution in [2.45, 2.75) is 32.2 Å². The SMILES string of the molecule is C[C@H]1Oc2ccccc2O[C@H]1C(=O)Nc1ccc(-n2nnn(CC(=O)NCc3ccco3)c2=O)cc1. The number of nitrogens with one attached hydrogen (secondary N) is 2. The molecule has 12 heteroatoms. The number of furan rings is 1. The number of carbonyl (C=O) groups is 2. The summed E-state index contributed by atoms with van der Waals surface area (Å²) in [7, 11) is 0. The van der Waals surface area contributed by atoms with Crippen molar-refractivity contribution in [3.63, 3.8) is 0 Å². The number of fused-ring (bicyclic) bond motifs is 1. The molecule has 3 heterocycles. The zero-order valence-electron chi connectivity index (χ0n) is 19.2. The van der Waals surface area contributed by atoms with Gasteiger partial charge in [0.15, 0.2) is 11.5 Å². The Kier molecular flexibility index (Phi) is 6.22. The molecule has 0 unspecified atom stereocenters. The average Bonchev–Trinajstić information content (AvgIpc) is 3.53. The number of benzene rings is 2. The predicted molar refractivity (Wildman–Crippen MR) is 126 cm³/mol. The molecule has 2 aromatic heterocycles. The maximum Gasteiger partial charge on any atom is 0.368 e. The summed E-state index contributed by atoms with van der Waals surface area (Å²) >= 11 is 0. The fourth-order valence-electron chi connectivity index (χ4n) is 3.63. The fraction of sp³-hybridized carbons (Fsp3) is 0.208. The molecule has 0 spiro atoms. The van der Waals surface area contributed by atoms with Gasteiger partial charge in [0.05, 0.1) is 18.5 Å². The molecular formula is C24H22N6O6. The lowest BCUT2D eigenvalue weighted by atomic mass is 10.1. The number of aromatic nitrogens is 4. The summed E-state index contributed by atoms with van der Waals surface area (Å²) < 4.78 is 18.8. The molecule has 184 valence electrons. The Morgan fingerprint density at radius 2 is 1.72 bits per heavy atom. The van der Waals surface area contributed by atoms with Gasteiger partial charge in [0.2, 0.25) is 12.0 Å². The Bertz CT molecular complexity index is 1430. The number of anilines is 1. The van der Waals surface area contributed by atoms with E-state index >= 15 is 0 Å². The Hall–Kier alpha value is -4.87. The summed E-state index contributed by atoms with van der Waals surface area (Å²) in [5.41, 5.74) is 0.330. The van der Waals surface area contributed by atoms with Gasteiger partial charge in [-0.05, 0) is 65.9 Å². The number of amides is 2. The van der Waals surface area contributed by atoms with Crippen LogP contribution in [0.15, 0.2) is 76.1 Å². The largest absolute Gasteiger partial charge is 0.482 e. The van der Waals surface area contributed by atoms with Gasteiger partial charge in [0, 0.05) is 5.69 Å². The van der Waals surface area contributed by atoms with Crippen LogP contribution in [-0.4, -0.2) is 43.8 Å². The van der Waals surface area contributed by atoms with E-state index in [1.807, 2.05) is 6.07 Å². The van der Waals surface area contributed by atoms with Crippen molar-refractivity contribution in [1.82, 2.24) is 25.1 Å². The van der Waals surface area contributed by atoms with E-state index in [0.717, 1.165) is 9.36 Å². The first-order valence-corrected chi connectivity index (χ1v) is 11.1. The molecule has 2 amide bonds. The number of ether oxygens (including phenoxy) is 2. The molecular weight excluding hydrogens is 468 g/mol. The smallest absolute Gasteiger partial charge is 0.368 e. The van der Waals surface area contributed by atoms with Crippen molar-refractivity contribution < 1.29 is 23.5 Å². The molecule has 12 nitrogen and oxygen atoms in total. The van der Waals surface area contributed by atoms with E-state index in [0.29, 0.717) is 28.6 Å². The molecule has 0 radical (unpaired) electrons. The molecule has 5 rings (SSSR count). The van der Waals surface area contributed by atoms with E-state index in [1.165, 1.54) is 6.26 Å². The Morgan fingerprint density at radius 3 is 2.44 bits per heavy atom. The summed E-state index contributed by atoms with van der Waals surface area (Å²) in [5, 5.41) is 13.0. The minimum Gasteiger partial charge on any atom is -0.482 e. The van der Waals surface area contributed by atoms with E-state index < -0.39 is 23.8 Å². The highest BCUT2D eigenvalue weighted by Crippen LogP contribution is 2.33. The second-order valence-corrected chi connectivity index (χ2v) is 8.03. The fourth-order valence-corrected chi connectivity index (χ4v) is 3.63. The molecule has 0 aliphatic carbocycles. The van der Waals surface area contributed by atoms with E-state index in [-0.39, 0.29) is 19.0 Å². The molecule has 4 aromatic rings. The van der Waals surface area contributed by atoms with E-state index in [9.17, 15) is 14.4 Å². The van der Waals surface area contributed by atoms with Crippen molar-refractivity contribution in [1.29, 1.82) is 0 Å². The molecule has 36 heavy (non-hydrogen) atoms. The molecule has 2 aromatic carbocycles. The topological polar surface area (TPSA) is 143 Å². The third kappa shape index (κ3) is 4.82. The van der Waals surface area contributed by atoms with Gasteiger partial charge in [-0.2, -0.15) is 9.36 Å². The Morgan fingerprint density at radius 1 is 0.972 bits per heavy atom. The zero-order chi connectivity index (χ0) is 25.1. The minimum atomic E-state index is -0.832. The maximum atomic E-state index is 12.8. The highest BCUT2D eigenvalue weighted by atomic mass is 16.6. The number of hydrogen-bond acceptors (Lipinski definition) is 8. The maximum absolute atomic E-state index is 12.8. The lowest BCUT2D eigenvalue weighted by Crippen LogP contribution is -2.46.